The van der Waals surface area contributed by atoms with Crippen molar-refractivity contribution >= 4 is 27.2 Å². The van der Waals surface area contributed by atoms with Crippen LogP contribution >= 0.6 is 0 Å². The molecule has 220 valence electrons. The lowest BCUT2D eigenvalue weighted by atomic mass is 10.0. The number of para-hydroxylation sites is 1. The minimum atomic E-state index is -3.48. The lowest BCUT2D eigenvalue weighted by Gasteiger charge is -2.42. The van der Waals surface area contributed by atoms with Crippen molar-refractivity contribution in [1.29, 1.82) is 0 Å². The third-order valence-electron chi connectivity index (χ3n) is 8.19. The fourth-order valence-corrected chi connectivity index (χ4v) is 6.79. The van der Waals surface area contributed by atoms with Crippen molar-refractivity contribution in [2.75, 3.05) is 63.6 Å². The normalized spacial score (nSPS) is 17.6. The third-order valence-corrected chi connectivity index (χ3v) is 10.4. The zero-order chi connectivity index (χ0) is 29.0. The second-order valence-corrected chi connectivity index (χ2v) is 13.6. The van der Waals surface area contributed by atoms with Gasteiger partial charge < -0.3 is 19.9 Å². The molecule has 5 rings (SSSR count). The van der Waals surface area contributed by atoms with E-state index in [0.717, 1.165) is 37.5 Å². The molecular weight excluding hydrogens is 538 g/mol. The Labute approximate surface area is 243 Å². The van der Waals surface area contributed by atoms with E-state index in [2.05, 4.69) is 60.2 Å². The van der Waals surface area contributed by atoms with Crippen molar-refractivity contribution in [2.24, 2.45) is 0 Å². The van der Waals surface area contributed by atoms with Gasteiger partial charge in [0, 0.05) is 69.0 Å². The Morgan fingerprint density at radius 3 is 2.44 bits per heavy atom. The number of aromatic nitrogens is 3. The largest absolute Gasteiger partial charge is 0.496 e. The highest BCUT2D eigenvalue weighted by molar-refractivity contribution is 7.92. The Hall–Kier alpha value is -3.28. The smallest absolute Gasteiger partial charge is 0.230 e. The SMILES string of the molecule is COc1cc(N2CCC(N3CCN(C)CC3)CC2)ccc1Cc1ncnc(Nc2ccccc2S(=O)(=O)C(C)C)n1. The minimum Gasteiger partial charge on any atom is -0.496 e. The first-order chi connectivity index (χ1) is 19.7. The molecule has 0 radical (unpaired) electrons. The molecule has 0 spiro atoms. The number of sulfone groups is 1. The molecule has 1 aromatic heterocycles. The standard InChI is InChI=1S/C30H41N7O3S/c1-22(2)41(38,39)28-8-6-5-7-26(28)33-30-32-21-31-29(34-30)19-23-9-10-25(20-27(23)40-4)36-13-11-24(12-14-36)37-17-15-35(3)16-18-37/h5-10,20-22,24H,11-19H2,1-4H3,(H,31,32,33,34). The molecular formula is C30H41N7O3S. The Bertz CT molecular complexity index is 1430. The maximum atomic E-state index is 12.8. The summed E-state index contributed by atoms with van der Waals surface area (Å²) in [6.45, 7) is 10.1. The number of methoxy groups -OCH3 is 1. The van der Waals surface area contributed by atoms with Crippen LogP contribution in [0.1, 0.15) is 38.1 Å². The number of nitrogens with one attached hydrogen (secondary N) is 1. The van der Waals surface area contributed by atoms with E-state index in [4.69, 9.17) is 4.74 Å². The number of likely N-dealkylation sites (N-methyl/N-ethyl adjacent to an activating group) is 1. The van der Waals surface area contributed by atoms with Crippen molar-refractivity contribution in [1.82, 2.24) is 24.8 Å². The summed E-state index contributed by atoms with van der Waals surface area (Å²) in [6, 6.07) is 13.8. The number of rotatable bonds is 9. The molecule has 2 aromatic carbocycles. The van der Waals surface area contributed by atoms with Gasteiger partial charge in [-0.2, -0.15) is 4.98 Å². The third kappa shape index (κ3) is 6.79. The van der Waals surface area contributed by atoms with Crippen LogP contribution < -0.4 is 15.0 Å². The summed E-state index contributed by atoms with van der Waals surface area (Å²) in [5.41, 5.74) is 2.59. The van der Waals surface area contributed by atoms with Crippen LogP contribution in [0.25, 0.3) is 0 Å². The van der Waals surface area contributed by atoms with E-state index in [1.165, 1.54) is 37.9 Å². The van der Waals surface area contributed by atoms with E-state index in [-0.39, 0.29) is 4.90 Å². The van der Waals surface area contributed by atoms with Gasteiger partial charge in [-0.05, 0) is 51.9 Å². The van der Waals surface area contributed by atoms with Gasteiger partial charge in [0.15, 0.2) is 9.84 Å². The van der Waals surface area contributed by atoms with Crippen LogP contribution in [0.4, 0.5) is 17.3 Å². The van der Waals surface area contributed by atoms with Crippen LogP contribution in [0.3, 0.4) is 0 Å². The highest BCUT2D eigenvalue weighted by Gasteiger charge is 2.27. The van der Waals surface area contributed by atoms with Gasteiger partial charge in [-0.25, -0.2) is 18.4 Å². The highest BCUT2D eigenvalue weighted by atomic mass is 32.2. The molecule has 0 saturated carbocycles. The van der Waals surface area contributed by atoms with Gasteiger partial charge in [-0.15, -0.1) is 0 Å². The van der Waals surface area contributed by atoms with Gasteiger partial charge >= 0.3 is 0 Å². The number of benzene rings is 2. The summed E-state index contributed by atoms with van der Waals surface area (Å²) in [7, 11) is 0.416. The molecule has 0 amide bonds. The van der Waals surface area contributed by atoms with Crippen molar-refractivity contribution in [3.05, 3.63) is 60.2 Å². The van der Waals surface area contributed by atoms with Crippen molar-refractivity contribution in [3.63, 3.8) is 0 Å². The molecule has 0 atom stereocenters. The predicted molar refractivity (Wildman–Crippen MR) is 162 cm³/mol. The van der Waals surface area contributed by atoms with Crippen molar-refractivity contribution in [3.8, 4) is 5.75 Å². The van der Waals surface area contributed by atoms with Crippen LogP contribution in [0.2, 0.25) is 0 Å². The molecule has 2 aliphatic heterocycles. The summed E-state index contributed by atoms with van der Waals surface area (Å²) in [4.78, 5) is 20.9. The second kappa shape index (κ2) is 12.7. The lowest BCUT2D eigenvalue weighted by Crippen LogP contribution is -2.52. The molecule has 2 aliphatic rings. The van der Waals surface area contributed by atoms with Crippen molar-refractivity contribution < 1.29 is 13.2 Å². The lowest BCUT2D eigenvalue weighted by molar-refractivity contribution is 0.0982. The van der Waals surface area contributed by atoms with E-state index in [9.17, 15) is 8.42 Å². The summed E-state index contributed by atoms with van der Waals surface area (Å²) in [6.07, 6.45) is 4.25. The number of ether oxygens (including phenoxy) is 1. The Balaban J connectivity index is 1.26. The Morgan fingerprint density at radius 1 is 1.00 bits per heavy atom. The number of hydrogen-bond acceptors (Lipinski definition) is 10. The molecule has 0 unspecified atom stereocenters. The molecule has 1 N–H and O–H groups in total. The number of anilines is 3. The second-order valence-electron chi connectivity index (χ2n) is 11.2. The Morgan fingerprint density at radius 2 is 1.73 bits per heavy atom. The first-order valence-corrected chi connectivity index (χ1v) is 15.9. The molecule has 3 aromatic rings. The van der Waals surface area contributed by atoms with Gasteiger partial charge in [0.2, 0.25) is 5.95 Å². The number of piperidine rings is 1. The Kier molecular flexibility index (Phi) is 9.06. The molecule has 41 heavy (non-hydrogen) atoms. The van der Waals surface area contributed by atoms with Gasteiger partial charge in [0.1, 0.15) is 17.9 Å². The monoisotopic (exact) mass is 579 g/mol. The van der Waals surface area contributed by atoms with E-state index < -0.39 is 15.1 Å². The molecule has 10 nitrogen and oxygen atoms in total. The fourth-order valence-electron chi connectivity index (χ4n) is 5.59. The molecule has 2 saturated heterocycles. The van der Waals surface area contributed by atoms with E-state index in [0.29, 0.717) is 29.9 Å². The van der Waals surface area contributed by atoms with E-state index >= 15 is 0 Å². The van der Waals surface area contributed by atoms with Gasteiger partial charge in [-0.3, -0.25) is 4.90 Å². The molecule has 0 bridgehead atoms. The molecule has 11 heteroatoms. The van der Waals surface area contributed by atoms with Crippen LogP contribution in [-0.2, 0) is 16.3 Å². The first kappa shape index (κ1) is 29.2. The van der Waals surface area contributed by atoms with Crippen molar-refractivity contribution in [2.45, 2.75) is 49.3 Å². The van der Waals surface area contributed by atoms with Crippen LogP contribution in [0, 0.1) is 0 Å². The highest BCUT2D eigenvalue weighted by Crippen LogP contribution is 2.31. The topological polar surface area (TPSA) is 104 Å². The zero-order valence-electron chi connectivity index (χ0n) is 24.5. The molecule has 0 aliphatic carbocycles. The summed E-state index contributed by atoms with van der Waals surface area (Å²) in [5, 5.41) is 2.54. The summed E-state index contributed by atoms with van der Waals surface area (Å²) < 4.78 is 31.5. The fraction of sp³-hybridized carbons (Fsp3) is 0.500. The molecule has 2 fully saturated rings. The minimum absolute atomic E-state index is 0.224. The first-order valence-electron chi connectivity index (χ1n) is 14.4. The molecule has 3 heterocycles. The van der Waals surface area contributed by atoms with E-state index in [1.54, 1.807) is 45.2 Å². The van der Waals surface area contributed by atoms with Crippen LogP contribution in [0.5, 0.6) is 5.75 Å². The summed E-state index contributed by atoms with van der Waals surface area (Å²) in [5.74, 6) is 1.65. The van der Waals surface area contributed by atoms with Crippen LogP contribution in [-0.4, -0.2) is 97.9 Å². The number of nitrogens with zero attached hydrogens (tertiary/aromatic N) is 6. The predicted octanol–water partition coefficient (Wildman–Crippen LogP) is 3.61. The average molecular weight is 580 g/mol. The van der Waals surface area contributed by atoms with E-state index in [1.807, 2.05) is 0 Å². The van der Waals surface area contributed by atoms with Gasteiger partial charge in [0.05, 0.1) is 22.9 Å². The maximum absolute atomic E-state index is 12.8. The van der Waals surface area contributed by atoms with Crippen LogP contribution in [0.15, 0.2) is 53.7 Å². The maximum Gasteiger partial charge on any atom is 0.230 e. The van der Waals surface area contributed by atoms with Gasteiger partial charge in [0.25, 0.3) is 0 Å². The quantitative estimate of drug-likeness (QED) is 0.404. The van der Waals surface area contributed by atoms with Gasteiger partial charge in [-0.1, -0.05) is 18.2 Å². The number of hydrogen-bond donors (Lipinski definition) is 1. The number of piperazine rings is 1. The summed E-state index contributed by atoms with van der Waals surface area (Å²) >= 11 is 0. The zero-order valence-corrected chi connectivity index (χ0v) is 25.3. The average Bonchev–Trinajstić information content (AvgIpc) is 2.98.